The summed E-state index contributed by atoms with van der Waals surface area (Å²) in [6, 6.07) is 24.4. The van der Waals surface area contributed by atoms with Crippen LogP contribution in [0.4, 0.5) is 58.7 Å². The van der Waals surface area contributed by atoms with Crippen molar-refractivity contribution in [2.45, 2.75) is 12.4 Å². The second-order valence-electron chi connectivity index (χ2n) is 13.5. The van der Waals surface area contributed by atoms with Crippen LogP contribution in [0.1, 0.15) is 16.8 Å². The third kappa shape index (κ3) is 12.6. The van der Waals surface area contributed by atoms with E-state index >= 15 is 0 Å². The fourth-order valence-corrected chi connectivity index (χ4v) is 6.21. The van der Waals surface area contributed by atoms with Gasteiger partial charge in [-0.05, 0) is 107 Å². The number of amidine groups is 1. The molecule has 66 heavy (non-hydrogen) atoms. The van der Waals surface area contributed by atoms with Gasteiger partial charge in [-0.2, -0.15) is 26.3 Å². The highest BCUT2D eigenvalue weighted by Gasteiger charge is 2.34. The zero-order valence-corrected chi connectivity index (χ0v) is 34.8. The molecule has 1 aliphatic rings. The predicted octanol–water partition coefficient (Wildman–Crippen LogP) is 10.9. The van der Waals surface area contributed by atoms with Gasteiger partial charge < -0.3 is 36.1 Å². The molecule has 16 nitrogen and oxygen atoms in total. The van der Waals surface area contributed by atoms with E-state index < -0.39 is 45.6 Å². The summed E-state index contributed by atoms with van der Waals surface area (Å²) < 4.78 is 89.4. The van der Waals surface area contributed by atoms with Crippen molar-refractivity contribution in [1.82, 2.24) is 35.9 Å². The molecule has 1 aliphatic heterocycles. The zero-order chi connectivity index (χ0) is 46.8. The lowest BCUT2D eigenvalue weighted by molar-refractivity contribution is -0.138. The predicted molar refractivity (Wildman–Crippen MR) is 232 cm³/mol. The summed E-state index contributed by atoms with van der Waals surface area (Å²) in [6.45, 7) is 1.47. The molecular formula is C42H30Cl2F6N12O4. The Bertz CT molecular complexity index is 2850. The molecule has 0 saturated heterocycles. The molecule has 3 aromatic heterocycles. The number of aliphatic imine (C=N–C) groups is 1. The number of urea groups is 2. The van der Waals surface area contributed by atoms with Gasteiger partial charge in [0.05, 0.1) is 27.7 Å². The second-order valence-corrected chi connectivity index (χ2v) is 14.3. The Hall–Kier alpha value is -7.98. The van der Waals surface area contributed by atoms with E-state index in [1.807, 2.05) is 0 Å². The van der Waals surface area contributed by atoms with Gasteiger partial charge in [0.1, 0.15) is 40.2 Å². The third-order valence-electron chi connectivity index (χ3n) is 8.72. The van der Waals surface area contributed by atoms with Crippen LogP contribution in [0.2, 0.25) is 10.0 Å². The quantitative estimate of drug-likeness (QED) is 0.0716. The molecule has 7 aromatic rings. The van der Waals surface area contributed by atoms with Crippen molar-refractivity contribution in [3.8, 4) is 34.5 Å². The highest BCUT2D eigenvalue weighted by molar-refractivity contribution is 6.32. The second kappa shape index (κ2) is 20.2. The number of hydrogen-bond donors (Lipinski definition) is 6. The third-order valence-corrected chi connectivity index (χ3v) is 9.38. The molecule has 4 aromatic carbocycles. The minimum atomic E-state index is -4.64. The number of carbonyl (C=O) groups excluding carboxylic acids is 2. The van der Waals surface area contributed by atoms with E-state index in [4.69, 9.17) is 32.7 Å². The smallest absolute Gasteiger partial charge is 0.417 e. The molecule has 0 saturated carbocycles. The number of aromatic nitrogens is 6. The molecule has 4 heterocycles. The van der Waals surface area contributed by atoms with Crippen LogP contribution in [0.3, 0.4) is 0 Å². The molecule has 4 amide bonds. The Morgan fingerprint density at radius 2 is 1.03 bits per heavy atom. The van der Waals surface area contributed by atoms with Gasteiger partial charge in [0.15, 0.2) is 5.82 Å². The number of nitrogens with zero attached hydrogens (tertiary/aromatic N) is 6. The minimum Gasteiger partial charge on any atom is -0.457 e. The number of anilines is 4. The van der Waals surface area contributed by atoms with Gasteiger partial charge in [0, 0.05) is 53.8 Å². The normalized spacial score (nSPS) is 12.2. The Morgan fingerprint density at radius 3 is 1.47 bits per heavy atom. The van der Waals surface area contributed by atoms with Crippen LogP contribution in [0.25, 0.3) is 11.5 Å². The molecule has 0 atom stereocenters. The number of pyridine rings is 2. The first-order valence-electron chi connectivity index (χ1n) is 19.0. The number of nitrogens with one attached hydrogen (secondary N) is 6. The van der Waals surface area contributed by atoms with E-state index in [0.717, 1.165) is 30.8 Å². The van der Waals surface area contributed by atoms with Crippen molar-refractivity contribution in [2.75, 3.05) is 34.4 Å². The number of aromatic amines is 1. The van der Waals surface area contributed by atoms with Gasteiger partial charge in [0.2, 0.25) is 0 Å². The van der Waals surface area contributed by atoms with Crippen LogP contribution in [0, 0.1) is 0 Å². The van der Waals surface area contributed by atoms with Gasteiger partial charge in [-0.3, -0.25) is 15.0 Å². The molecule has 0 radical (unpaired) electrons. The van der Waals surface area contributed by atoms with E-state index in [1.165, 1.54) is 18.3 Å². The lowest BCUT2D eigenvalue weighted by Crippen LogP contribution is -2.20. The number of tetrazole rings is 1. The van der Waals surface area contributed by atoms with Crippen molar-refractivity contribution in [3.63, 3.8) is 0 Å². The summed E-state index contributed by atoms with van der Waals surface area (Å²) >= 11 is 11.2. The maximum Gasteiger partial charge on any atom is 0.417 e. The number of rotatable bonds is 10. The molecule has 8 rings (SSSR count). The number of halogens is 8. The Morgan fingerprint density at radius 1 is 0.576 bits per heavy atom. The number of carbonyl (C=O) groups is 2. The summed E-state index contributed by atoms with van der Waals surface area (Å²) in [5, 5.41) is 25.4. The number of benzene rings is 4. The van der Waals surface area contributed by atoms with Crippen molar-refractivity contribution < 1.29 is 45.4 Å². The molecule has 338 valence electrons. The molecule has 0 unspecified atom stereocenters. The van der Waals surface area contributed by atoms with Crippen LogP contribution in [0.5, 0.6) is 23.0 Å². The molecule has 0 spiro atoms. The Kier molecular flexibility index (Phi) is 14.1. The molecule has 6 N–H and O–H groups in total. The van der Waals surface area contributed by atoms with E-state index in [-0.39, 0.29) is 11.4 Å². The van der Waals surface area contributed by atoms with E-state index in [2.05, 4.69) is 62.2 Å². The molecule has 0 fully saturated rings. The number of amides is 4. The van der Waals surface area contributed by atoms with E-state index in [9.17, 15) is 35.9 Å². The van der Waals surface area contributed by atoms with Crippen LogP contribution < -0.4 is 36.1 Å². The fourth-order valence-electron chi connectivity index (χ4n) is 5.76. The average molecular weight is 952 g/mol. The highest BCUT2D eigenvalue weighted by atomic mass is 35.5. The van der Waals surface area contributed by atoms with Crippen molar-refractivity contribution >= 4 is 63.8 Å². The SMILES string of the molecule is O=C(Nc1ccc(Oc2ccnc(-c3nnn[nH]3)c2)cc1)Nc1ccc(Cl)c(C(F)(F)F)c1.O=C(Nc1ccc(Oc2ccnc(C3=NCCN3)c2)cc1)Nc1ccc(Cl)c(C(F)(F)F)c1. The van der Waals surface area contributed by atoms with Crippen molar-refractivity contribution in [1.29, 1.82) is 0 Å². The lowest BCUT2D eigenvalue weighted by Gasteiger charge is -2.12. The summed E-state index contributed by atoms with van der Waals surface area (Å²) in [5.74, 6) is 3.15. The number of alkyl halides is 6. The van der Waals surface area contributed by atoms with Gasteiger partial charge in [-0.25, -0.2) is 14.7 Å². The van der Waals surface area contributed by atoms with Gasteiger partial charge in [-0.15, -0.1) is 5.10 Å². The molecule has 24 heteroatoms. The fraction of sp³-hybridized carbons (Fsp3) is 0.0952. The highest BCUT2D eigenvalue weighted by Crippen LogP contribution is 2.37. The molecule has 0 bridgehead atoms. The lowest BCUT2D eigenvalue weighted by atomic mass is 10.2. The number of H-pyrrole nitrogens is 1. The van der Waals surface area contributed by atoms with Crippen LogP contribution >= 0.6 is 23.2 Å². The first kappa shape index (κ1) is 46.0. The topological polar surface area (TPSA) is 205 Å². The first-order valence-corrected chi connectivity index (χ1v) is 19.7. The minimum absolute atomic E-state index is 0.0426. The number of ether oxygens (including phenoxy) is 2. The summed E-state index contributed by atoms with van der Waals surface area (Å²) in [7, 11) is 0. The van der Waals surface area contributed by atoms with Gasteiger partial charge >= 0.3 is 24.4 Å². The average Bonchev–Trinajstić information content (AvgIpc) is 4.03. The van der Waals surface area contributed by atoms with Crippen molar-refractivity contribution in [2.24, 2.45) is 4.99 Å². The first-order chi connectivity index (χ1) is 31.6. The summed E-state index contributed by atoms with van der Waals surface area (Å²) in [5.41, 5.74) is -0.184. The van der Waals surface area contributed by atoms with E-state index in [0.29, 0.717) is 64.0 Å². The maximum atomic E-state index is 13.0. The summed E-state index contributed by atoms with van der Waals surface area (Å²) in [4.78, 5) is 37.1. The Balaban J connectivity index is 0.000000196. The molecule has 0 aliphatic carbocycles. The maximum absolute atomic E-state index is 13.0. The number of hydrogen-bond acceptors (Lipinski definition) is 11. The van der Waals surface area contributed by atoms with Gasteiger partial charge in [0.25, 0.3) is 0 Å². The van der Waals surface area contributed by atoms with Gasteiger partial charge in [-0.1, -0.05) is 23.2 Å². The Labute approximate surface area is 378 Å². The van der Waals surface area contributed by atoms with Crippen molar-refractivity contribution in [3.05, 3.63) is 148 Å². The zero-order valence-electron chi connectivity index (χ0n) is 33.3. The van der Waals surface area contributed by atoms with Crippen LogP contribution in [0.15, 0.2) is 127 Å². The van der Waals surface area contributed by atoms with E-state index in [1.54, 1.807) is 79.0 Å². The molecular weight excluding hydrogens is 921 g/mol. The monoisotopic (exact) mass is 950 g/mol. The van der Waals surface area contributed by atoms with Crippen LogP contribution in [-0.2, 0) is 12.4 Å². The van der Waals surface area contributed by atoms with Crippen LogP contribution in [-0.4, -0.2) is 61.6 Å². The largest absolute Gasteiger partial charge is 0.457 e. The standard InChI is InChI=1S/C22H17ClF3N5O2.C20H13ClF3N7O2/c23-18-6-3-14(11-17(18)22(24,25)26)31-21(32)30-13-1-4-15(5-2-13)33-16-7-8-27-19(12-16)20-28-9-10-29-20;21-16-6-3-12(9-15(16)20(22,23)24)27-19(32)26-11-1-4-13(5-2-11)33-14-7-8-25-17(10-14)18-28-30-31-29-18/h1-8,11-12H,9-10H2,(H,28,29)(H2,30,31,32);1-10H,(H2,26,27,32)(H,28,29,30,31). The summed E-state index contributed by atoms with van der Waals surface area (Å²) in [6.07, 6.45) is -6.11.